The van der Waals surface area contributed by atoms with Crippen LogP contribution in [-0.4, -0.2) is 55.8 Å². The normalized spacial score (nSPS) is 12.4. The van der Waals surface area contributed by atoms with E-state index < -0.39 is 33.4 Å². The molecule has 0 saturated carbocycles. The standard InChI is InChI=1S/C36H39BrN4O7S/c1-5-26(3)38-36(43)34(21-27-9-7-6-8-10-27)39(23-28-12-14-29(37)15-13-28)35(42)24-40(30-16-18-31(48-4)19-17-30)49(46,47)32-20-11-25(2)33(22-32)41(44)45/h6-20,22,26,34H,5,21,23-24H2,1-4H3,(H,38,43)/t26-,34-/m1/s1. The monoisotopic (exact) mass is 750 g/mol. The molecule has 0 heterocycles. The fourth-order valence-corrected chi connectivity index (χ4v) is 6.83. The molecule has 258 valence electrons. The number of benzene rings is 4. The summed E-state index contributed by atoms with van der Waals surface area (Å²) >= 11 is 3.43. The molecule has 49 heavy (non-hydrogen) atoms. The Kier molecular flexibility index (Phi) is 12.5. The van der Waals surface area contributed by atoms with Crippen molar-refractivity contribution < 1.29 is 27.7 Å². The summed E-state index contributed by atoms with van der Waals surface area (Å²) in [7, 11) is -3.08. The molecule has 2 amide bonds. The van der Waals surface area contributed by atoms with Crippen molar-refractivity contribution in [1.29, 1.82) is 0 Å². The van der Waals surface area contributed by atoms with Crippen molar-refractivity contribution in [2.24, 2.45) is 0 Å². The van der Waals surface area contributed by atoms with Crippen LogP contribution in [-0.2, 0) is 32.6 Å². The predicted molar refractivity (Wildman–Crippen MR) is 192 cm³/mol. The van der Waals surface area contributed by atoms with Gasteiger partial charge in [-0.05, 0) is 73.9 Å². The number of aryl methyl sites for hydroxylation is 1. The van der Waals surface area contributed by atoms with E-state index in [1.807, 2.05) is 68.4 Å². The number of nitrogens with one attached hydrogen (secondary N) is 1. The molecule has 0 aliphatic carbocycles. The Balaban J connectivity index is 1.84. The van der Waals surface area contributed by atoms with E-state index >= 15 is 0 Å². The second-order valence-corrected chi connectivity index (χ2v) is 14.4. The second kappa shape index (κ2) is 16.6. The van der Waals surface area contributed by atoms with E-state index in [1.165, 1.54) is 43.2 Å². The van der Waals surface area contributed by atoms with Gasteiger partial charge in [0, 0.05) is 35.1 Å². The van der Waals surface area contributed by atoms with Crippen molar-refractivity contribution in [3.05, 3.63) is 128 Å². The number of nitro groups is 1. The zero-order chi connectivity index (χ0) is 35.7. The lowest BCUT2D eigenvalue weighted by Crippen LogP contribution is -2.54. The van der Waals surface area contributed by atoms with Crippen LogP contribution < -0.4 is 14.4 Å². The quantitative estimate of drug-likeness (QED) is 0.109. The van der Waals surface area contributed by atoms with Gasteiger partial charge in [0.25, 0.3) is 15.7 Å². The van der Waals surface area contributed by atoms with Gasteiger partial charge in [0.15, 0.2) is 0 Å². The molecular weight excluding hydrogens is 712 g/mol. The Morgan fingerprint density at radius 3 is 2.20 bits per heavy atom. The van der Waals surface area contributed by atoms with Crippen molar-refractivity contribution in [1.82, 2.24) is 10.2 Å². The number of nitro benzene ring substituents is 1. The molecule has 2 atom stereocenters. The molecule has 0 bridgehead atoms. The molecule has 4 rings (SSSR count). The first-order chi connectivity index (χ1) is 23.3. The molecular formula is C36H39BrN4O7S. The Bertz CT molecular complexity index is 1870. The van der Waals surface area contributed by atoms with Crippen molar-refractivity contribution in [2.75, 3.05) is 18.0 Å². The smallest absolute Gasteiger partial charge is 0.273 e. The highest BCUT2D eigenvalue weighted by molar-refractivity contribution is 9.10. The van der Waals surface area contributed by atoms with Gasteiger partial charge in [0.2, 0.25) is 11.8 Å². The summed E-state index contributed by atoms with van der Waals surface area (Å²) in [6, 6.07) is 25.1. The van der Waals surface area contributed by atoms with Gasteiger partial charge >= 0.3 is 0 Å². The van der Waals surface area contributed by atoms with Gasteiger partial charge in [-0.25, -0.2) is 8.42 Å². The zero-order valence-corrected chi connectivity index (χ0v) is 30.1. The summed E-state index contributed by atoms with van der Waals surface area (Å²) in [5.74, 6) is -0.569. The molecule has 13 heteroatoms. The van der Waals surface area contributed by atoms with E-state index in [2.05, 4.69) is 21.2 Å². The zero-order valence-electron chi connectivity index (χ0n) is 27.7. The molecule has 0 aliphatic heterocycles. The second-order valence-electron chi connectivity index (χ2n) is 11.6. The fraction of sp³-hybridized carbons (Fsp3) is 0.278. The number of methoxy groups -OCH3 is 1. The molecule has 0 saturated heterocycles. The van der Waals surface area contributed by atoms with Crippen molar-refractivity contribution in [3.8, 4) is 5.75 Å². The maximum atomic E-state index is 14.6. The molecule has 0 spiro atoms. The first-order valence-corrected chi connectivity index (χ1v) is 17.9. The minimum Gasteiger partial charge on any atom is -0.497 e. The van der Waals surface area contributed by atoms with Crippen molar-refractivity contribution in [3.63, 3.8) is 0 Å². The van der Waals surface area contributed by atoms with Gasteiger partial charge in [-0.2, -0.15) is 0 Å². The van der Waals surface area contributed by atoms with Crippen molar-refractivity contribution >= 4 is 49.1 Å². The van der Waals surface area contributed by atoms with E-state index in [1.54, 1.807) is 12.1 Å². The predicted octanol–water partition coefficient (Wildman–Crippen LogP) is 6.42. The summed E-state index contributed by atoms with van der Waals surface area (Å²) in [5.41, 5.74) is 1.58. The lowest BCUT2D eigenvalue weighted by atomic mass is 10.0. The van der Waals surface area contributed by atoms with Crippen LogP contribution in [0.4, 0.5) is 11.4 Å². The Labute approximate surface area is 295 Å². The molecule has 11 nitrogen and oxygen atoms in total. The van der Waals surface area contributed by atoms with Crippen LogP contribution in [0.3, 0.4) is 0 Å². The highest BCUT2D eigenvalue weighted by Gasteiger charge is 2.35. The van der Waals surface area contributed by atoms with E-state index in [-0.39, 0.29) is 46.7 Å². The van der Waals surface area contributed by atoms with Crippen LogP contribution in [0.2, 0.25) is 0 Å². The molecule has 0 unspecified atom stereocenters. The summed E-state index contributed by atoms with van der Waals surface area (Å²) < 4.78 is 35.6. The van der Waals surface area contributed by atoms with Crippen LogP contribution in [0.15, 0.2) is 106 Å². The number of anilines is 1. The SMILES string of the molecule is CC[C@@H](C)NC(=O)[C@@H](Cc1ccccc1)N(Cc1ccc(Br)cc1)C(=O)CN(c1ccc(OC)cc1)S(=O)(=O)c1ccc(C)c([N+](=O)[O-])c1. The van der Waals surface area contributed by atoms with Crippen LogP contribution in [0.1, 0.15) is 37.0 Å². The minimum absolute atomic E-state index is 0.00401. The number of carbonyl (C=O) groups excluding carboxylic acids is 2. The summed E-state index contributed by atoms with van der Waals surface area (Å²) in [6.45, 7) is 4.63. The number of amides is 2. The Morgan fingerprint density at radius 1 is 0.959 bits per heavy atom. The Hall–Kier alpha value is -4.75. The van der Waals surface area contributed by atoms with Crippen LogP contribution >= 0.6 is 15.9 Å². The number of ether oxygens (including phenoxy) is 1. The molecule has 0 aliphatic rings. The fourth-order valence-electron chi connectivity index (χ4n) is 5.13. The number of hydrogen-bond acceptors (Lipinski definition) is 7. The Morgan fingerprint density at radius 2 is 1.61 bits per heavy atom. The highest BCUT2D eigenvalue weighted by Crippen LogP contribution is 2.30. The van der Waals surface area contributed by atoms with Gasteiger partial charge in [-0.3, -0.25) is 24.0 Å². The van der Waals surface area contributed by atoms with E-state index in [9.17, 15) is 28.1 Å². The van der Waals surface area contributed by atoms with Crippen LogP contribution in [0.25, 0.3) is 0 Å². The first-order valence-electron chi connectivity index (χ1n) is 15.6. The average Bonchev–Trinajstić information content (AvgIpc) is 3.09. The van der Waals surface area contributed by atoms with Gasteiger partial charge < -0.3 is 15.0 Å². The van der Waals surface area contributed by atoms with Gasteiger partial charge in [0.05, 0.1) is 22.6 Å². The largest absolute Gasteiger partial charge is 0.497 e. The summed E-state index contributed by atoms with van der Waals surface area (Å²) in [4.78, 5) is 40.7. The topological polar surface area (TPSA) is 139 Å². The van der Waals surface area contributed by atoms with Gasteiger partial charge in [0.1, 0.15) is 18.3 Å². The molecule has 0 aromatic heterocycles. The molecule has 4 aromatic rings. The van der Waals surface area contributed by atoms with Crippen molar-refractivity contribution in [2.45, 2.75) is 57.1 Å². The third-order valence-electron chi connectivity index (χ3n) is 8.14. The third kappa shape index (κ3) is 9.45. The average molecular weight is 752 g/mol. The highest BCUT2D eigenvalue weighted by atomic mass is 79.9. The maximum absolute atomic E-state index is 14.6. The molecule has 0 fully saturated rings. The molecule has 0 radical (unpaired) electrons. The molecule has 4 aromatic carbocycles. The first kappa shape index (κ1) is 37.1. The summed E-state index contributed by atoms with van der Waals surface area (Å²) in [6.07, 6.45) is 0.835. The third-order valence-corrected chi connectivity index (χ3v) is 10.4. The lowest BCUT2D eigenvalue weighted by Gasteiger charge is -2.34. The number of halogens is 1. The van der Waals surface area contributed by atoms with Crippen LogP contribution in [0.5, 0.6) is 5.75 Å². The van der Waals surface area contributed by atoms with Gasteiger partial charge in [-0.1, -0.05) is 71.4 Å². The molecule has 1 N–H and O–H groups in total. The van der Waals surface area contributed by atoms with E-state index in [4.69, 9.17) is 4.74 Å². The van der Waals surface area contributed by atoms with Gasteiger partial charge in [-0.15, -0.1) is 0 Å². The number of hydrogen-bond donors (Lipinski definition) is 1. The van der Waals surface area contributed by atoms with Crippen LogP contribution in [0, 0.1) is 17.0 Å². The number of nitrogens with zero attached hydrogens (tertiary/aromatic N) is 3. The number of carbonyl (C=O) groups is 2. The minimum atomic E-state index is -4.55. The number of rotatable bonds is 15. The van der Waals surface area contributed by atoms with E-state index in [0.717, 1.165) is 26.0 Å². The number of sulfonamides is 1. The van der Waals surface area contributed by atoms with E-state index in [0.29, 0.717) is 12.2 Å². The summed E-state index contributed by atoms with van der Waals surface area (Å²) in [5, 5.41) is 14.7. The lowest BCUT2D eigenvalue weighted by molar-refractivity contribution is -0.385. The maximum Gasteiger partial charge on any atom is 0.273 e.